The average Bonchev–Trinajstić information content (AvgIpc) is 3.17. The molecule has 2 aliphatic rings. The minimum atomic E-state index is -3.94. The Balaban J connectivity index is 1.34. The van der Waals surface area contributed by atoms with Crippen LogP contribution in [0.3, 0.4) is 0 Å². The van der Waals surface area contributed by atoms with Crippen molar-refractivity contribution in [2.24, 2.45) is 0 Å². The molecule has 0 bridgehead atoms. The lowest BCUT2D eigenvalue weighted by Crippen LogP contribution is -2.40. The van der Waals surface area contributed by atoms with Gasteiger partial charge in [0.25, 0.3) is 10.0 Å². The number of hydrogen-bond donors (Lipinski definition) is 1. The lowest BCUT2D eigenvalue weighted by molar-refractivity contribution is -0.114. The fraction of sp³-hybridized carbons (Fsp3) is 0.269. The molecule has 2 aliphatic heterocycles. The molecule has 1 N–H and O–H groups in total. The van der Waals surface area contributed by atoms with Crippen LogP contribution in [0.2, 0.25) is 0 Å². The molecule has 10 heteroatoms. The van der Waals surface area contributed by atoms with Gasteiger partial charge in [0.05, 0.1) is 15.5 Å². The van der Waals surface area contributed by atoms with Crippen molar-refractivity contribution in [2.45, 2.75) is 35.5 Å². The number of fused-ring (bicyclic) bond motifs is 3. The van der Waals surface area contributed by atoms with Crippen molar-refractivity contribution in [1.29, 1.82) is 0 Å². The molecule has 188 valence electrons. The SMILES string of the molecule is O=C(CN1c2ccccc2-c2ccccc2S1(=O)=O)Nc1ccc(S(=O)(=O)N2CCCCCC2)cc1. The van der Waals surface area contributed by atoms with Crippen LogP contribution >= 0.6 is 0 Å². The summed E-state index contributed by atoms with van der Waals surface area (Å²) in [6.45, 7) is 0.604. The van der Waals surface area contributed by atoms with Gasteiger partial charge in [-0.1, -0.05) is 49.2 Å². The molecule has 3 aromatic rings. The highest BCUT2D eigenvalue weighted by atomic mass is 32.2. The van der Waals surface area contributed by atoms with E-state index in [-0.39, 0.29) is 9.79 Å². The van der Waals surface area contributed by atoms with E-state index in [1.165, 1.54) is 34.6 Å². The van der Waals surface area contributed by atoms with E-state index >= 15 is 0 Å². The Morgan fingerprint density at radius 1 is 0.806 bits per heavy atom. The van der Waals surface area contributed by atoms with Crippen LogP contribution in [0.4, 0.5) is 11.4 Å². The number of hydrogen-bond acceptors (Lipinski definition) is 5. The fourth-order valence-electron chi connectivity index (χ4n) is 4.72. The molecule has 3 aromatic carbocycles. The van der Waals surface area contributed by atoms with E-state index in [0.29, 0.717) is 30.0 Å². The van der Waals surface area contributed by atoms with Gasteiger partial charge in [-0.3, -0.25) is 9.10 Å². The molecule has 8 nitrogen and oxygen atoms in total. The Kier molecular flexibility index (Phi) is 6.59. The van der Waals surface area contributed by atoms with Crippen molar-refractivity contribution in [3.8, 4) is 11.1 Å². The number of amides is 1. The number of benzene rings is 3. The van der Waals surface area contributed by atoms with Crippen molar-refractivity contribution in [3.05, 3.63) is 72.8 Å². The summed E-state index contributed by atoms with van der Waals surface area (Å²) in [5, 5.41) is 2.70. The molecule has 1 amide bonds. The van der Waals surface area contributed by atoms with Gasteiger partial charge in [0, 0.05) is 29.9 Å². The van der Waals surface area contributed by atoms with Gasteiger partial charge in [0.2, 0.25) is 15.9 Å². The van der Waals surface area contributed by atoms with Crippen molar-refractivity contribution < 1.29 is 21.6 Å². The van der Waals surface area contributed by atoms with Crippen LogP contribution in [0.15, 0.2) is 82.6 Å². The molecule has 0 atom stereocenters. The zero-order chi connectivity index (χ0) is 25.3. The number of rotatable bonds is 5. The molecule has 0 unspecified atom stereocenters. The lowest BCUT2D eigenvalue weighted by Gasteiger charge is -2.31. The predicted molar refractivity (Wildman–Crippen MR) is 139 cm³/mol. The van der Waals surface area contributed by atoms with E-state index in [2.05, 4.69) is 5.32 Å². The summed E-state index contributed by atoms with van der Waals surface area (Å²) in [6, 6.07) is 19.8. The third-order valence-electron chi connectivity index (χ3n) is 6.55. The molecule has 1 saturated heterocycles. The van der Waals surface area contributed by atoms with Crippen LogP contribution in [0.5, 0.6) is 0 Å². The number of nitrogens with one attached hydrogen (secondary N) is 1. The van der Waals surface area contributed by atoms with Gasteiger partial charge in [-0.2, -0.15) is 4.31 Å². The maximum atomic E-state index is 13.4. The number of carbonyl (C=O) groups excluding carboxylic acids is 1. The first-order valence-electron chi connectivity index (χ1n) is 11.9. The number of carbonyl (C=O) groups is 1. The summed E-state index contributed by atoms with van der Waals surface area (Å²) in [7, 11) is -7.53. The first kappa shape index (κ1) is 24.5. The Labute approximate surface area is 211 Å². The van der Waals surface area contributed by atoms with E-state index in [9.17, 15) is 21.6 Å². The molecule has 5 rings (SSSR count). The number of sulfonamides is 2. The van der Waals surface area contributed by atoms with E-state index in [4.69, 9.17) is 0 Å². The van der Waals surface area contributed by atoms with E-state index in [0.717, 1.165) is 35.6 Å². The molecule has 0 aliphatic carbocycles. The van der Waals surface area contributed by atoms with Crippen LogP contribution in [-0.2, 0) is 24.8 Å². The molecular weight excluding hydrogens is 498 g/mol. The maximum Gasteiger partial charge on any atom is 0.265 e. The molecule has 36 heavy (non-hydrogen) atoms. The number of anilines is 2. The quantitative estimate of drug-likeness (QED) is 0.541. The molecular formula is C26H27N3O5S2. The minimum absolute atomic E-state index is 0.152. The summed E-state index contributed by atoms with van der Waals surface area (Å²) in [5.41, 5.74) is 2.16. The predicted octanol–water partition coefficient (Wildman–Crippen LogP) is 4.07. The van der Waals surface area contributed by atoms with Crippen LogP contribution in [0.25, 0.3) is 11.1 Å². The van der Waals surface area contributed by atoms with Crippen LogP contribution < -0.4 is 9.62 Å². The summed E-state index contributed by atoms with van der Waals surface area (Å²) < 4.78 is 55.3. The second-order valence-electron chi connectivity index (χ2n) is 8.92. The summed E-state index contributed by atoms with van der Waals surface area (Å²) >= 11 is 0. The molecule has 0 spiro atoms. The standard InChI is InChI=1S/C26H27N3O5S2/c30-26(27-20-13-15-21(16-14-20)35(31,32)28-17-7-1-2-8-18-28)19-29-24-11-5-3-9-22(24)23-10-4-6-12-25(23)36(29,33)34/h3-6,9-16H,1-2,7-8,17-19H2,(H,27,30). The van der Waals surface area contributed by atoms with E-state index in [1.807, 2.05) is 12.1 Å². The smallest absolute Gasteiger partial charge is 0.265 e. The topological polar surface area (TPSA) is 104 Å². The Morgan fingerprint density at radius 2 is 1.42 bits per heavy atom. The molecule has 1 fully saturated rings. The summed E-state index contributed by atoms with van der Waals surface area (Å²) in [6.07, 6.45) is 3.75. The minimum Gasteiger partial charge on any atom is -0.325 e. The Hall–Kier alpha value is -3.21. The largest absolute Gasteiger partial charge is 0.325 e. The second-order valence-corrected chi connectivity index (χ2v) is 12.7. The maximum absolute atomic E-state index is 13.4. The highest BCUT2D eigenvalue weighted by Gasteiger charge is 2.35. The third-order valence-corrected chi connectivity index (χ3v) is 10.3. The van der Waals surface area contributed by atoms with E-state index in [1.54, 1.807) is 30.3 Å². The first-order chi connectivity index (χ1) is 17.3. The molecule has 0 saturated carbocycles. The highest BCUT2D eigenvalue weighted by molar-refractivity contribution is 7.93. The van der Waals surface area contributed by atoms with Gasteiger partial charge in [-0.05, 0) is 49.2 Å². The zero-order valence-corrected chi connectivity index (χ0v) is 21.3. The van der Waals surface area contributed by atoms with Crippen LogP contribution in [0.1, 0.15) is 25.7 Å². The lowest BCUT2D eigenvalue weighted by atomic mass is 10.0. The number of nitrogens with zero attached hydrogens (tertiary/aromatic N) is 2. The Morgan fingerprint density at radius 3 is 2.11 bits per heavy atom. The zero-order valence-electron chi connectivity index (χ0n) is 19.6. The molecule has 2 heterocycles. The Bertz CT molecular complexity index is 1490. The first-order valence-corrected chi connectivity index (χ1v) is 14.8. The fourth-order valence-corrected chi connectivity index (χ4v) is 7.89. The third kappa shape index (κ3) is 4.52. The average molecular weight is 526 g/mol. The monoisotopic (exact) mass is 525 g/mol. The van der Waals surface area contributed by atoms with Crippen molar-refractivity contribution in [3.63, 3.8) is 0 Å². The summed E-state index contributed by atoms with van der Waals surface area (Å²) in [4.78, 5) is 13.2. The van der Waals surface area contributed by atoms with Gasteiger partial charge in [0.15, 0.2) is 0 Å². The van der Waals surface area contributed by atoms with Crippen molar-refractivity contribution in [2.75, 3.05) is 29.3 Å². The van der Waals surface area contributed by atoms with Gasteiger partial charge < -0.3 is 5.32 Å². The normalized spacial score (nSPS) is 17.5. The molecule has 0 radical (unpaired) electrons. The van der Waals surface area contributed by atoms with E-state index < -0.39 is 32.5 Å². The second kappa shape index (κ2) is 9.68. The van der Waals surface area contributed by atoms with Gasteiger partial charge in [-0.25, -0.2) is 16.8 Å². The van der Waals surface area contributed by atoms with Crippen LogP contribution in [-0.4, -0.2) is 46.7 Å². The van der Waals surface area contributed by atoms with Gasteiger partial charge in [-0.15, -0.1) is 0 Å². The van der Waals surface area contributed by atoms with Gasteiger partial charge >= 0.3 is 0 Å². The van der Waals surface area contributed by atoms with Gasteiger partial charge in [0.1, 0.15) is 6.54 Å². The highest BCUT2D eigenvalue weighted by Crippen LogP contribution is 2.42. The molecule has 0 aromatic heterocycles. The number of para-hydroxylation sites is 1. The van der Waals surface area contributed by atoms with Crippen molar-refractivity contribution in [1.82, 2.24) is 4.31 Å². The van der Waals surface area contributed by atoms with Crippen molar-refractivity contribution >= 4 is 37.3 Å². The van der Waals surface area contributed by atoms with Crippen LogP contribution in [0, 0.1) is 0 Å². The summed E-state index contributed by atoms with van der Waals surface area (Å²) in [5.74, 6) is -0.532.